The minimum absolute atomic E-state index is 0.0460. The molecule has 0 aromatic rings. The van der Waals surface area contributed by atoms with Crippen LogP contribution in [0.15, 0.2) is 11.6 Å². The van der Waals surface area contributed by atoms with Gasteiger partial charge in [-0.15, -0.1) is 0 Å². The lowest BCUT2D eigenvalue weighted by atomic mass is 9.41. The summed E-state index contributed by atoms with van der Waals surface area (Å²) in [7, 11) is 0. The second-order valence-electron chi connectivity index (χ2n) is 10.8. The number of fused-ring (bicyclic) bond motifs is 5. The first-order valence-electron chi connectivity index (χ1n) is 11.3. The molecule has 5 aliphatic rings. The summed E-state index contributed by atoms with van der Waals surface area (Å²) >= 11 is 0. The number of carbonyl (C=O) groups is 2. The van der Waals surface area contributed by atoms with E-state index in [2.05, 4.69) is 6.92 Å². The highest BCUT2D eigenvalue weighted by Gasteiger charge is 2.73. The molecule has 166 valence electrons. The summed E-state index contributed by atoms with van der Waals surface area (Å²) in [5, 5.41) is 44.1. The number of hydrogen-bond donors (Lipinski definition) is 4. The quantitative estimate of drug-likeness (QED) is 0.502. The van der Waals surface area contributed by atoms with Gasteiger partial charge < -0.3 is 25.2 Å². The average Bonchev–Trinajstić information content (AvgIpc) is 3.21. The van der Waals surface area contributed by atoms with E-state index in [1.807, 2.05) is 0 Å². The van der Waals surface area contributed by atoms with E-state index in [0.717, 1.165) is 12.0 Å². The van der Waals surface area contributed by atoms with Gasteiger partial charge in [0.15, 0.2) is 0 Å². The number of aliphatic hydroxyl groups excluding tert-OH is 1. The fourth-order valence-corrected chi connectivity index (χ4v) is 8.49. The number of ether oxygens (including phenoxy) is 1. The first-order chi connectivity index (χ1) is 14.1. The third-order valence-electron chi connectivity index (χ3n) is 9.94. The Labute approximate surface area is 176 Å². The molecule has 0 bridgehead atoms. The maximum Gasteiger partial charge on any atom is 0.331 e. The SMILES string of the molecule is C[C@]12CC[C@H]3[C@H](CC[C@@]4(O)C[C@@H](O)CC[C@]34C(=O)O)[C@@]1(O)CC[C@H]2C1=CC(=O)OC1. The predicted molar refractivity (Wildman–Crippen MR) is 105 cm³/mol. The van der Waals surface area contributed by atoms with Gasteiger partial charge in [0, 0.05) is 17.9 Å². The lowest BCUT2D eigenvalue weighted by Gasteiger charge is -2.65. The van der Waals surface area contributed by atoms with E-state index in [0.29, 0.717) is 32.1 Å². The zero-order valence-corrected chi connectivity index (χ0v) is 17.5. The molecule has 0 unspecified atom stereocenters. The van der Waals surface area contributed by atoms with E-state index >= 15 is 0 Å². The van der Waals surface area contributed by atoms with Crippen molar-refractivity contribution in [2.75, 3.05) is 6.61 Å². The number of aliphatic hydroxyl groups is 3. The number of hydrogen-bond acceptors (Lipinski definition) is 6. The van der Waals surface area contributed by atoms with Crippen LogP contribution in [0.25, 0.3) is 0 Å². The Morgan fingerprint density at radius 3 is 2.47 bits per heavy atom. The Morgan fingerprint density at radius 2 is 1.80 bits per heavy atom. The van der Waals surface area contributed by atoms with Crippen LogP contribution in [0.5, 0.6) is 0 Å². The molecule has 0 radical (unpaired) electrons. The lowest BCUT2D eigenvalue weighted by molar-refractivity contribution is -0.260. The maximum absolute atomic E-state index is 12.7. The number of cyclic esters (lactones) is 1. The van der Waals surface area contributed by atoms with Crippen molar-refractivity contribution in [2.45, 2.75) is 82.0 Å². The number of esters is 1. The molecule has 0 aromatic carbocycles. The third kappa shape index (κ3) is 2.32. The molecule has 1 heterocycles. The number of rotatable bonds is 2. The second-order valence-corrected chi connectivity index (χ2v) is 10.8. The van der Waals surface area contributed by atoms with Crippen molar-refractivity contribution >= 4 is 11.9 Å². The smallest absolute Gasteiger partial charge is 0.331 e. The van der Waals surface area contributed by atoms with E-state index in [1.54, 1.807) is 6.08 Å². The van der Waals surface area contributed by atoms with E-state index in [1.165, 1.54) is 0 Å². The topological polar surface area (TPSA) is 124 Å². The zero-order valence-electron chi connectivity index (χ0n) is 17.5. The maximum atomic E-state index is 12.7. The summed E-state index contributed by atoms with van der Waals surface area (Å²) in [5.41, 5.74) is -3.30. The van der Waals surface area contributed by atoms with Crippen molar-refractivity contribution < 1.29 is 34.8 Å². The molecule has 7 heteroatoms. The lowest BCUT2D eigenvalue weighted by Crippen LogP contribution is -2.70. The van der Waals surface area contributed by atoms with Gasteiger partial charge in [0.2, 0.25) is 0 Å². The van der Waals surface area contributed by atoms with Gasteiger partial charge in [-0.25, -0.2) is 4.79 Å². The fourth-order valence-electron chi connectivity index (χ4n) is 8.49. The molecule has 0 saturated heterocycles. The summed E-state index contributed by atoms with van der Waals surface area (Å²) in [5.74, 6) is -1.82. The molecule has 4 N–H and O–H groups in total. The van der Waals surface area contributed by atoms with Crippen molar-refractivity contribution in [1.29, 1.82) is 0 Å². The highest BCUT2D eigenvalue weighted by molar-refractivity contribution is 5.85. The monoisotopic (exact) mass is 420 g/mol. The van der Waals surface area contributed by atoms with Gasteiger partial charge in [-0.1, -0.05) is 6.92 Å². The molecule has 4 saturated carbocycles. The van der Waals surface area contributed by atoms with Gasteiger partial charge in [-0.3, -0.25) is 4.79 Å². The van der Waals surface area contributed by atoms with Crippen LogP contribution in [-0.4, -0.2) is 56.3 Å². The summed E-state index contributed by atoms with van der Waals surface area (Å²) in [6.45, 7) is 2.36. The number of aliphatic carboxylic acids is 1. The largest absolute Gasteiger partial charge is 0.481 e. The summed E-state index contributed by atoms with van der Waals surface area (Å²) in [6.07, 6.45) is 5.00. The number of carbonyl (C=O) groups excluding carboxylic acids is 1. The molecule has 8 atom stereocenters. The molecule has 0 aromatic heterocycles. The summed E-state index contributed by atoms with van der Waals surface area (Å²) in [6, 6.07) is 0. The molecule has 0 amide bonds. The van der Waals surface area contributed by atoms with Gasteiger partial charge in [0.1, 0.15) is 6.61 Å². The molecule has 4 aliphatic carbocycles. The first kappa shape index (κ1) is 20.5. The molecule has 0 spiro atoms. The minimum Gasteiger partial charge on any atom is -0.481 e. The van der Waals surface area contributed by atoms with Gasteiger partial charge in [-0.05, 0) is 74.7 Å². The minimum atomic E-state index is -1.44. The molecular formula is C23H32O7. The molecular weight excluding hydrogens is 388 g/mol. The van der Waals surface area contributed by atoms with E-state index in [9.17, 15) is 30.0 Å². The normalized spacial score (nSPS) is 52.7. The van der Waals surface area contributed by atoms with Crippen molar-refractivity contribution in [3.05, 3.63) is 11.6 Å². The van der Waals surface area contributed by atoms with Crippen molar-refractivity contribution in [3.8, 4) is 0 Å². The third-order valence-corrected chi connectivity index (χ3v) is 9.94. The van der Waals surface area contributed by atoms with Crippen LogP contribution in [0.2, 0.25) is 0 Å². The van der Waals surface area contributed by atoms with Crippen LogP contribution in [0, 0.1) is 28.6 Å². The van der Waals surface area contributed by atoms with Crippen LogP contribution in [0.4, 0.5) is 0 Å². The Kier molecular flexibility index (Phi) is 4.30. The molecule has 7 nitrogen and oxygen atoms in total. The Morgan fingerprint density at radius 1 is 1.07 bits per heavy atom. The molecule has 4 fully saturated rings. The Bertz CT molecular complexity index is 822. The average molecular weight is 421 g/mol. The van der Waals surface area contributed by atoms with Crippen molar-refractivity contribution in [1.82, 2.24) is 0 Å². The van der Waals surface area contributed by atoms with Gasteiger partial charge in [0.25, 0.3) is 0 Å². The summed E-state index contributed by atoms with van der Waals surface area (Å²) in [4.78, 5) is 24.3. The van der Waals surface area contributed by atoms with E-state index < -0.39 is 34.1 Å². The molecule has 5 rings (SSSR count). The number of carboxylic acids is 1. The van der Waals surface area contributed by atoms with Crippen LogP contribution in [0.1, 0.15) is 64.7 Å². The van der Waals surface area contributed by atoms with Crippen LogP contribution in [-0.2, 0) is 14.3 Å². The molecule has 1 aliphatic heterocycles. The van der Waals surface area contributed by atoms with Gasteiger partial charge in [0.05, 0.1) is 22.7 Å². The first-order valence-corrected chi connectivity index (χ1v) is 11.3. The fraction of sp³-hybridized carbons (Fsp3) is 0.826. The highest BCUT2D eigenvalue weighted by atomic mass is 16.5. The Hall–Kier alpha value is -1.44. The van der Waals surface area contributed by atoms with Crippen LogP contribution in [0.3, 0.4) is 0 Å². The Balaban J connectivity index is 1.54. The summed E-state index contributed by atoms with van der Waals surface area (Å²) < 4.78 is 5.14. The highest BCUT2D eigenvalue weighted by Crippen LogP contribution is 2.70. The predicted octanol–water partition coefficient (Wildman–Crippen LogP) is 1.78. The van der Waals surface area contributed by atoms with Crippen LogP contribution >= 0.6 is 0 Å². The number of carboxylic acid groups (broad SMARTS) is 1. The zero-order chi connectivity index (χ0) is 21.5. The van der Waals surface area contributed by atoms with E-state index in [4.69, 9.17) is 4.74 Å². The van der Waals surface area contributed by atoms with Crippen molar-refractivity contribution in [3.63, 3.8) is 0 Å². The van der Waals surface area contributed by atoms with Crippen LogP contribution < -0.4 is 0 Å². The van der Waals surface area contributed by atoms with E-state index in [-0.39, 0.29) is 49.6 Å². The van der Waals surface area contributed by atoms with Gasteiger partial charge >= 0.3 is 11.9 Å². The molecule has 30 heavy (non-hydrogen) atoms. The van der Waals surface area contributed by atoms with Gasteiger partial charge in [-0.2, -0.15) is 0 Å². The second kappa shape index (κ2) is 6.30. The van der Waals surface area contributed by atoms with Crippen molar-refractivity contribution in [2.24, 2.45) is 28.6 Å². The standard InChI is InChI=1S/C23H32O7/c1-20-6-3-16-17(23(20,29)9-5-15(20)13-10-18(25)30-12-13)4-7-21(28)11-14(24)2-8-22(16,21)19(26)27/h10,14-17,24,28-29H,2-9,11-12H2,1H3,(H,26,27)/t14-,15-,16-,17-,20+,21+,22+,23-/m0/s1.